The summed E-state index contributed by atoms with van der Waals surface area (Å²) in [5, 5.41) is 0. The molecule has 0 radical (unpaired) electrons. The zero-order valence-corrected chi connectivity index (χ0v) is 11.7. The lowest BCUT2D eigenvalue weighted by atomic mass is 10.3. The number of pyridine rings is 1. The molecule has 0 aliphatic heterocycles. The minimum atomic E-state index is -3.56. The van der Waals surface area contributed by atoms with Crippen LogP contribution < -0.4 is 5.73 Å². The molecule has 18 heavy (non-hydrogen) atoms. The maximum absolute atomic E-state index is 12.5. The first kappa shape index (κ1) is 13.4. The molecule has 1 aliphatic carbocycles. The number of sulfonamides is 1. The lowest BCUT2D eigenvalue weighted by molar-refractivity contribution is 0.420. The third kappa shape index (κ3) is 2.38. The summed E-state index contributed by atoms with van der Waals surface area (Å²) in [4.78, 5) is 4.07. The summed E-state index contributed by atoms with van der Waals surface area (Å²) < 4.78 is 26.6. The van der Waals surface area contributed by atoms with E-state index in [4.69, 9.17) is 18.0 Å². The molecule has 2 N–H and O–H groups in total. The van der Waals surface area contributed by atoms with Gasteiger partial charge in [0.25, 0.3) is 0 Å². The van der Waals surface area contributed by atoms with Crippen LogP contribution in [0.3, 0.4) is 0 Å². The van der Waals surface area contributed by atoms with Crippen molar-refractivity contribution >= 4 is 27.2 Å². The van der Waals surface area contributed by atoms with Gasteiger partial charge in [0.1, 0.15) is 15.6 Å². The number of hydrogen-bond acceptors (Lipinski definition) is 4. The molecular weight excluding hydrogens is 270 g/mol. The van der Waals surface area contributed by atoms with E-state index in [1.165, 1.54) is 16.6 Å². The Morgan fingerprint density at radius 3 is 2.78 bits per heavy atom. The SMILES string of the molecule is CCN(C1CC1)S(=O)(=O)c1cccnc1C(N)=S. The van der Waals surface area contributed by atoms with E-state index in [1.54, 1.807) is 6.07 Å². The first-order chi connectivity index (χ1) is 8.48. The Balaban J connectivity index is 2.49. The van der Waals surface area contributed by atoms with Crippen LogP contribution in [-0.4, -0.2) is 35.3 Å². The van der Waals surface area contributed by atoms with Gasteiger partial charge in [-0.05, 0) is 25.0 Å². The predicted octanol–water partition coefficient (Wildman–Crippen LogP) is 0.889. The first-order valence-corrected chi connectivity index (χ1v) is 7.60. The standard InChI is InChI=1S/C11H15N3O2S2/c1-2-14(8-5-6-8)18(15,16)9-4-3-7-13-10(9)11(12)17/h3-4,7-8H,2,5-6H2,1H3,(H2,12,17). The van der Waals surface area contributed by atoms with Gasteiger partial charge in [0.15, 0.2) is 0 Å². The average molecular weight is 285 g/mol. The van der Waals surface area contributed by atoms with E-state index in [0.717, 1.165) is 12.8 Å². The largest absolute Gasteiger partial charge is 0.388 e. The third-order valence-electron chi connectivity index (χ3n) is 2.86. The van der Waals surface area contributed by atoms with E-state index < -0.39 is 10.0 Å². The van der Waals surface area contributed by atoms with Crippen LogP contribution in [0.15, 0.2) is 23.2 Å². The number of hydrogen-bond donors (Lipinski definition) is 1. The van der Waals surface area contributed by atoms with Crippen molar-refractivity contribution in [2.45, 2.75) is 30.7 Å². The Labute approximate surface area is 112 Å². The van der Waals surface area contributed by atoms with Crippen molar-refractivity contribution in [1.29, 1.82) is 0 Å². The normalized spacial score (nSPS) is 15.9. The molecule has 1 aromatic heterocycles. The fourth-order valence-electron chi connectivity index (χ4n) is 1.90. The summed E-state index contributed by atoms with van der Waals surface area (Å²) in [5.74, 6) is 0. The molecule has 1 saturated carbocycles. The van der Waals surface area contributed by atoms with Crippen LogP contribution in [0.25, 0.3) is 0 Å². The fourth-order valence-corrected chi connectivity index (χ4v) is 3.98. The molecule has 98 valence electrons. The lowest BCUT2D eigenvalue weighted by Crippen LogP contribution is -2.34. The van der Waals surface area contributed by atoms with E-state index >= 15 is 0 Å². The van der Waals surface area contributed by atoms with Crippen molar-refractivity contribution in [3.8, 4) is 0 Å². The average Bonchev–Trinajstić information content (AvgIpc) is 3.14. The highest BCUT2D eigenvalue weighted by Crippen LogP contribution is 2.32. The van der Waals surface area contributed by atoms with Gasteiger partial charge in [0.2, 0.25) is 10.0 Å². The van der Waals surface area contributed by atoms with Crippen LogP contribution in [-0.2, 0) is 10.0 Å². The lowest BCUT2D eigenvalue weighted by Gasteiger charge is -2.20. The fraction of sp³-hybridized carbons (Fsp3) is 0.455. The van der Waals surface area contributed by atoms with Gasteiger partial charge >= 0.3 is 0 Å². The number of nitrogens with two attached hydrogens (primary N) is 1. The highest BCUT2D eigenvalue weighted by molar-refractivity contribution is 7.89. The van der Waals surface area contributed by atoms with Crippen LogP contribution in [0.1, 0.15) is 25.5 Å². The molecule has 2 rings (SSSR count). The molecule has 7 heteroatoms. The molecule has 0 unspecified atom stereocenters. The van der Waals surface area contributed by atoms with Crippen molar-refractivity contribution in [3.05, 3.63) is 24.0 Å². The highest BCUT2D eigenvalue weighted by atomic mass is 32.2. The topological polar surface area (TPSA) is 76.3 Å². The first-order valence-electron chi connectivity index (χ1n) is 5.75. The van der Waals surface area contributed by atoms with Crippen LogP contribution in [0.4, 0.5) is 0 Å². The van der Waals surface area contributed by atoms with E-state index in [2.05, 4.69) is 4.98 Å². The molecule has 0 atom stereocenters. The van der Waals surface area contributed by atoms with Crippen molar-refractivity contribution in [2.75, 3.05) is 6.54 Å². The molecule has 0 spiro atoms. The predicted molar refractivity (Wildman–Crippen MR) is 72.7 cm³/mol. The molecule has 1 aliphatic rings. The second kappa shape index (κ2) is 4.91. The molecule has 5 nitrogen and oxygen atoms in total. The summed E-state index contributed by atoms with van der Waals surface area (Å²) in [6.07, 6.45) is 3.31. The van der Waals surface area contributed by atoms with E-state index in [9.17, 15) is 8.42 Å². The minimum absolute atomic E-state index is 0.000949. The summed E-state index contributed by atoms with van der Waals surface area (Å²) in [6, 6.07) is 3.19. The smallest absolute Gasteiger partial charge is 0.245 e. The summed E-state index contributed by atoms with van der Waals surface area (Å²) in [7, 11) is -3.56. The van der Waals surface area contributed by atoms with Gasteiger partial charge in [-0.3, -0.25) is 4.98 Å². The van der Waals surface area contributed by atoms with Crippen molar-refractivity contribution in [1.82, 2.24) is 9.29 Å². The molecule has 0 amide bonds. The van der Waals surface area contributed by atoms with Gasteiger partial charge in [-0.2, -0.15) is 4.31 Å². The van der Waals surface area contributed by atoms with Gasteiger partial charge in [-0.1, -0.05) is 19.1 Å². The molecule has 1 heterocycles. The Bertz CT molecular complexity index is 567. The van der Waals surface area contributed by atoms with Crippen molar-refractivity contribution in [3.63, 3.8) is 0 Å². The Hall–Kier alpha value is -1.05. The summed E-state index contributed by atoms with van der Waals surface area (Å²) in [5.41, 5.74) is 5.70. The van der Waals surface area contributed by atoms with Gasteiger partial charge in [-0.15, -0.1) is 0 Å². The molecule has 0 bridgehead atoms. The van der Waals surface area contributed by atoms with Crippen LogP contribution >= 0.6 is 12.2 Å². The summed E-state index contributed by atoms with van der Waals surface area (Å²) in [6.45, 7) is 2.27. The Morgan fingerprint density at radius 2 is 2.28 bits per heavy atom. The maximum Gasteiger partial charge on any atom is 0.245 e. The molecule has 0 aromatic carbocycles. The monoisotopic (exact) mass is 285 g/mol. The number of rotatable bonds is 5. The molecule has 1 aromatic rings. The Morgan fingerprint density at radius 1 is 1.61 bits per heavy atom. The maximum atomic E-state index is 12.5. The second-order valence-electron chi connectivity index (χ2n) is 4.15. The molecular formula is C11H15N3O2S2. The molecule has 1 fully saturated rings. The third-order valence-corrected chi connectivity index (χ3v) is 5.11. The van der Waals surface area contributed by atoms with Crippen LogP contribution in [0.5, 0.6) is 0 Å². The molecule has 0 saturated heterocycles. The number of aromatic nitrogens is 1. The van der Waals surface area contributed by atoms with Gasteiger partial charge < -0.3 is 5.73 Å². The van der Waals surface area contributed by atoms with E-state index in [0.29, 0.717) is 6.54 Å². The highest BCUT2D eigenvalue weighted by Gasteiger charge is 2.38. The second-order valence-corrected chi connectivity index (χ2v) is 6.45. The van der Waals surface area contributed by atoms with Crippen LogP contribution in [0, 0.1) is 0 Å². The number of nitrogens with zero attached hydrogens (tertiary/aromatic N) is 2. The van der Waals surface area contributed by atoms with Crippen molar-refractivity contribution < 1.29 is 8.42 Å². The van der Waals surface area contributed by atoms with E-state index in [1.807, 2.05) is 6.92 Å². The van der Waals surface area contributed by atoms with Crippen molar-refractivity contribution in [2.24, 2.45) is 5.73 Å². The number of thiocarbonyl (C=S) groups is 1. The van der Waals surface area contributed by atoms with Gasteiger partial charge in [-0.25, -0.2) is 8.42 Å². The van der Waals surface area contributed by atoms with Gasteiger partial charge in [0.05, 0.1) is 0 Å². The van der Waals surface area contributed by atoms with Crippen LogP contribution in [0.2, 0.25) is 0 Å². The van der Waals surface area contributed by atoms with Gasteiger partial charge in [0, 0.05) is 18.8 Å². The zero-order chi connectivity index (χ0) is 13.3. The van der Waals surface area contributed by atoms with E-state index in [-0.39, 0.29) is 21.6 Å². The minimum Gasteiger partial charge on any atom is -0.388 e. The quantitative estimate of drug-likeness (QED) is 0.813. The Kier molecular flexibility index (Phi) is 3.65. The summed E-state index contributed by atoms with van der Waals surface area (Å²) >= 11 is 4.85. The zero-order valence-electron chi connectivity index (χ0n) is 10.0.